The lowest BCUT2D eigenvalue weighted by Gasteiger charge is -2.63. The molecule has 0 bridgehead atoms. The number of halogens is 1. The summed E-state index contributed by atoms with van der Waals surface area (Å²) in [5.41, 5.74) is 8.69. The first-order valence-corrected chi connectivity index (χ1v) is 27.0. The van der Waals surface area contributed by atoms with Gasteiger partial charge in [-0.1, -0.05) is 95.6 Å². The Hall–Kier alpha value is -6.31. The van der Waals surface area contributed by atoms with E-state index in [0.29, 0.717) is 34.0 Å². The highest BCUT2D eigenvalue weighted by molar-refractivity contribution is 7.13. The highest BCUT2D eigenvalue weighted by Crippen LogP contribution is 2.55. The third-order valence-electron chi connectivity index (χ3n) is 15.8. The standard InChI is InChI=1S/C58H67ClN8O6S/c1-35(2)49(54(72)66-33-44(68)28-48(66)52(70)61-31-38-12-14-39(15-13-38)50-36(3)62-34-74-50)67-32-42-18-20-43(27-46(42)53(67)71)65-25-23-64(24-26-65)22-8-9-37-10-16-40(17-11-37)51(69)63-55-57(4,5)56(58(55,6)7)73-45-21-19-41(30-60)47(59)29-45/h10-21,27,29,34-35,44,48-49,55-56,68H,8-9,22-26,28,31-33H2,1-7H3,(H,61,70)(H,63,69)/t44-,48+,49+,55-,56-/m1/s1. The SMILES string of the molecule is Cc1ncsc1-c1ccc(CNC(=O)[C@@H]2C[C@@H](O)CN2C(=O)[C@H](C(C)C)N2Cc3ccc(N4CCN(CCCc5ccc(C(=O)N[C@H]6C(C)(C)[C@H](Oc7ccc(C#N)c(Cl)c7)C6(C)C)cc5)CC4)cc3C2=O)cc1. The number of carbonyl (C=O) groups is 4. The van der Waals surface area contributed by atoms with Crippen LogP contribution in [-0.4, -0.2) is 118 Å². The Morgan fingerprint density at radius 3 is 2.30 bits per heavy atom. The molecule has 1 aliphatic carbocycles. The summed E-state index contributed by atoms with van der Waals surface area (Å²) in [5, 5.41) is 26.6. The van der Waals surface area contributed by atoms with Gasteiger partial charge in [0.1, 0.15) is 30.0 Å². The molecule has 4 aromatic carbocycles. The molecule has 0 radical (unpaired) electrons. The molecule has 14 nitrogen and oxygen atoms in total. The van der Waals surface area contributed by atoms with E-state index in [0.717, 1.165) is 78.5 Å². The molecule has 16 heteroatoms. The first kappa shape index (κ1) is 52.5. The predicted octanol–water partition coefficient (Wildman–Crippen LogP) is 8.27. The summed E-state index contributed by atoms with van der Waals surface area (Å²) < 4.78 is 6.40. The fourth-order valence-corrected chi connectivity index (χ4v) is 13.0. The van der Waals surface area contributed by atoms with Gasteiger partial charge in [-0.15, -0.1) is 11.3 Å². The van der Waals surface area contributed by atoms with E-state index < -0.39 is 18.2 Å². The van der Waals surface area contributed by atoms with Crippen LogP contribution < -0.4 is 20.3 Å². The number of rotatable bonds is 16. The molecule has 3 N–H and O–H groups in total. The van der Waals surface area contributed by atoms with Crippen molar-refractivity contribution in [1.29, 1.82) is 5.26 Å². The number of β-amino-alcohol motifs (C(OH)–C–C–N with tert-alkyl or cyclic N) is 1. The zero-order valence-electron chi connectivity index (χ0n) is 43.4. The molecule has 4 amide bonds. The molecule has 4 heterocycles. The van der Waals surface area contributed by atoms with Gasteiger partial charge >= 0.3 is 0 Å². The Balaban J connectivity index is 0.731. The molecule has 3 aliphatic heterocycles. The molecule has 0 spiro atoms. The van der Waals surface area contributed by atoms with Crippen LogP contribution >= 0.6 is 22.9 Å². The Kier molecular flexibility index (Phi) is 15.3. The van der Waals surface area contributed by atoms with Crippen LogP contribution in [0.1, 0.15) is 103 Å². The van der Waals surface area contributed by atoms with Crippen molar-refractivity contribution in [2.75, 3.05) is 44.2 Å². The number of hydrogen-bond acceptors (Lipinski definition) is 11. The second-order valence-corrected chi connectivity index (χ2v) is 23.2. The number of aliphatic hydroxyl groups is 1. The van der Waals surface area contributed by atoms with Crippen molar-refractivity contribution < 1.29 is 29.0 Å². The highest BCUT2D eigenvalue weighted by atomic mass is 35.5. The Morgan fingerprint density at radius 2 is 1.65 bits per heavy atom. The van der Waals surface area contributed by atoms with Gasteiger partial charge in [0.05, 0.1) is 32.8 Å². The fourth-order valence-electron chi connectivity index (χ4n) is 12.0. The van der Waals surface area contributed by atoms with E-state index >= 15 is 0 Å². The van der Waals surface area contributed by atoms with E-state index in [1.54, 1.807) is 34.4 Å². The normalized spacial score (nSPS) is 21.5. The Labute approximate surface area is 443 Å². The van der Waals surface area contributed by atoms with Gasteiger partial charge in [0.25, 0.3) is 11.8 Å². The van der Waals surface area contributed by atoms with Gasteiger partial charge in [-0.3, -0.25) is 24.1 Å². The number of carbonyl (C=O) groups excluding carboxylic acids is 4. The van der Waals surface area contributed by atoms with Crippen molar-refractivity contribution in [3.63, 3.8) is 0 Å². The molecular formula is C58H67ClN8O6S. The molecular weight excluding hydrogens is 972 g/mol. The summed E-state index contributed by atoms with van der Waals surface area (Å²) >= 11 is 7.86. The van der Waals surface area contributed by atoms with Crippen LogP contribution in [-0.2, 0) is 29.1 Å². The number of hydrogen-bond donors (Lipinski definition) is 3. The summed E-state index contributed by atoms with van der Waals surface area (Å²) in [6, 6.07) is 27.3. The summed E-state index contributed by atoms with van der Waals surface area (Å²) in [6.07, 6.45) is 0.964. The van der Waals surface area contributed by atoms with Gasteiger partial charge < -0.3 is 35.2 Å². The Bertz CT molecular complexity index is 2930. The largest absolute Gasteiger partial charge is 0.489 e. The van der Waals surface area contributed by atoms with Gasteiger partial charge in [0, 0.05) is 92.0 Å². The first-order chi connectivity index (χ1) is 35.3. The maximum absolute atomic E-state index is 14.5. The lowest BCUT2D eigenvalue weighted by Crippen LogP contribution is -2.74. The summed E-state index contributed by atoms with van der Waals surface area (Å²) in [6.45, 7) is 19.1. The van der Waals surface area contributed by atoms with Gasteiger partial charge in [-0.2, -0.15) is 5.26 Å². The lowest BCUT2D eigenvalue weighted by atomic mass is 9.49. The minimum Gasteiger partial charge on any atom is -0.489 e. The number of aliphatic hydroxyl groups excluding tert-OH is 1. The molecule has 74 heavy (non-hydrogen) atoms. The number of nitriles is 1. The number of ether oxygens (including phenoxy) is 1. The van der Waals surface area contributed by atoms with Crippen LogP contribution in [0.15, 0.2) is 90.4 Å². The van der Waals surface area contributed by atoms with Crippen LogP contribution in [0, 0.1) is 35.0 Å². The van der Waals surface area contributed by atoms with Crippen LogP contribution in [0.25, 0.3) is 10.4 Å². The monoisotopic (exact) mass is 1040 g/mol. The number of amides is 4. The van der Waals surface area contributed by atoms with E-state index in [1.807, 2.05) is 86.9 Å². The molecule has 4 aliphatic rings. The van der Waals surface area contributed by atoms with Gasteiger partial charge in [-0.05, 0) is 90.9 Å². The minimum atomic E-state index is -0.852. The molecule has 1 saturated carbocycles. The molecule has 388 valence electrons. The van der Waals surface area contributed by atoms with E-state index in [9.17, 15) is 29.5 Å². The number of aromatic nitrogens is 1. The Morgan fingerprint density at radius 1 is 0.946 bits per heavy atom. The number of fused-ring (bicyclic) bond motifs is 1. The quantitative estimate of drug-likeness (QED) is 0.0874. The van der Waals surface area contributed by atoms with E-state index in [2.05, 4.69) is 65.2 Å². The maximum atomic E-state index is 14.5. The van der Waals surface area contributed by atoms with E-state index in [-0.39, 0.29) is 72.0 Å². The highest BCUT2D eigenvalue weighted by Gasteiger charge is 2.64. The van der Waals surface area contributed by atoms with Gasteiger partial charge in [0.2, 0.25) is 11.8 Å². The van der Waals surface area contributed by atoms with Crippen LogP contribution in [0.3, 0.4) is 0 Å². The predicted molar refractivity (Wildman–Crippen MR) is 288 cm³/mol. The zero-order valence-corrected chi connectivity index (χ0v) is 44.9. The van der Waals surface area contributed by atoms with Crippen molar-refractivity contribution in [1.82, 2.24) is 30.3 Å². The molecule has 0 unspecified atom stereocenters. The van der Waals surface area contributed by atoms with Crippen LogP contribution in [0.5, 0.6) is 5.75 Å². The average molecular weight is 1040 g/mol. The van der Waals surface area contributed by atoms with Crippen molar-refractivity contribution in [3.8, 4) is 22.3 Å². The van der Waals surface area contributed by atoms with Crippen molar-refractivity contribution in [2.24, 2.45) is 16.7 Å². The number of benzene rings is 4. The second-order valence-electron chi connectivity index (χ2n) is 22.0. The second kappa shape index (κ2) is 21.5. The molecule has 3 fully saturated rings. The minimum absolute atomic E-state index is 0.0274. The first-order valence-electron chi connectivity index (χ1n) is 25.8. The average Bonchev–Trinajstić information content (AvgIpc) is 4.12. The maximum Gasteiger partial charge on any atom is 0.255 e. The van der Waals surface area contributed by atoms with E-state index in [1.165, 1.54) is 10.5 Å². The summed E-state index contributed by atoms with van der Waals surface area (Å²) in [5.74, 6) is -0.615. The van der Waals surface area contributed by atoms with Crippen molar-refractivity contribution in [2.45, 2.75) is 111 Å². The number of anilines is 1. The third kappa shape index (κ3) is 10.6. The molecule has 1 aromatic heterocycles. The zero-order chi connectivity index (χ0) is 52.6. The number of piperazine rings is 1. The fraction of sp³-hybridized carbons (Fsp3) is 0.448. The van der Waals surface area contributed by atoms with Gasteiger partial charge in [-0.25, -0.2) is 4.98 Å². The topological polar surface area (TPSA) is 171 Å². The summed E-state index contributed by atoms with van der Waals surface area (Å²) in [4.78, 5) is 69.3. The van der Waals surface area contributed by atoms with E-state index in [4.69, 9.17) is 16.3 Å². The smallest absolute Gasteiger partial charge is 0.255 e. The number of thiazole rings is 1. The molecule has 3 atom stereocenters. The lowest BCUT2D eigenvalue weighted by molar-refractivity contribution is -0.164. The number of aryl methyl sites for hydroxylation is 2. The number of likely N-dealkylation sites (tertiary alicyclic amines) is 1. The molecule has 9 rings (SSSR count). The summed E-state index contributed by atoms with van der Waals surface area (Å²) in [7, 11) is 0. The number of nitrogens with one attached hydrogen (secondary N) is 2. The van der Waals surface area contributed by atoms with Crippen LogP contribution in [0.4, 0.5) is 5.69 Å². The van der Waals surface area contributed by atoms with Crippen LogP contribution in [0.2, 0.25) is 5.02 Å². The third-order valence-corrected chi connectivity index (χ3v) is 17.1. The van der Waals surface area contributed by atoms with Crippen molar-refractivity contribution >= 4 is 52.3 Å². The van der Waals surface area contributed by atoms with Gasteiger partial charge in [0.15, 0.2) is 0 Å². The molecule has 5 aromatic rings. The molecule has 2 saturated heterocycles. The van der Waals surface area contributed by atoms with Crippen molar-refractivity contribution in [3.05, 3.63) is 135 Å². The number of nitrogens with zero attached hydrogens (tertiary/aromatic N) is 6.